The van der Waals surface area contributed by atoms with Crippen molar-refractivity contribution in [2.75, 3.05) is 9.80 Å². The lowest BCUT2D eigenvalue weighted by Gasteiger charge is -2.25. The van der Waals surface area contributed by atoms with Gasteiger partial charge in [0, 0.05) is 34.1 Å². The average Bonchev–Trinajstić information content (AvgIpc) is 3.21. The van der Waals surface area contributed by atoms with Crippen LogP contribution in [0.15, 0.2) is 170 Å². The van der Waals surface area contributed by atoms with Gasteiger partial charge in [-0.3, -0.25) is 0 Å². The molecule has 0 aromatic heterocycles. The molecule has 0 amide bonds. The Balaban J connectivity index is 0.00000245. The van der Waals surface area contributed by atoms with Crippen LogP contribution in [0, 0.1) is 27.7 Å². The maximum atomic E-state index is 2.30. The van der Waals surface area contributed by atoms with Crippen LogP contribution in [0.4, 0.5) is 34.1 Å². The van der Waals surface area contributed by atoms with Crippen LogP contribution in [-0.2, 0) is 0 Å². The molecule has 0 radical (unpaired) electrons. The second-order valence-electron chi connectivity index (χ2n) is 13.5. The van der Waals surface area contributed by atoms with Gasteiger partial charge in [-0.25, -0.2) is 0 Å². The maximum Gasteiger partial charge on any atom is 0.0462 e. The average molecular weight is 703 g/mol. The van der Waals surface area contributed by atoms with Crippen LogP contribution in [0.25, 0.3) is 24.3 Å². The Morgan fingerprint density at radius 1 is 0.241 bits per heavy atom. The lowest BCUT2D eigenvalue weighted by Crippen LogP contribution is -2.09. The third-order valence-electron chi connectivity index (χ3n) is 9.34. The van der Waals surface area contributed by atoms with Crippen LogP contribution in [-0.4, -0.2) is 0 Å². The molecule has 0 heterocycles. The Kier molecular flexibility index (Phi) is 12.4. The number of hydrogen-bond acceptors (Lipinski definition) is 2. The van der Waals surface area contributed by atoms with Gasteiger partial charge in [-0.15, -0.1) is 0 Å². The minimum atomic E-state index is 1.13. The third kappa shape index (κ3) is 9.53. The lowest BCUT2D eigenvalue weighted by molar-refractivity contribution is 1.27. The molecule has 0 aliphatic heterocycles. The molecule has 54 heavy (non-hydrogen) atoms. The fourth-order valence-corrected chi connectivity index (χ4v) is 6.24. The predicted octanol–water partition coefficient (Wildman–Crippen LogP) is 15.2. The largest absolute Gasteiger partial charge is 0.311 e. The molecule has 7 aromatic carbocycles. The molecule has 0 aliphatic rings. The molecule has 7 rings (SSSR count). The van der Waals surface area contributed by atoms with Crippen molar-refractivity contribution >= 4 is 58.4 Å². The molecule has 0 unspecified atom stereocenters. The Morgan fingerprint density at radius 2 is 0.389 bits per heavy atom. The van der Waals surface area contributed by atoms with E-state index in [-0.39, 0.29) is 0 Å². The SMILES string of the molecule is CC.Cc1ccc(N(c2ccc(C)cc2)c2ccc(/C=C/c3ccc(/C=C/c4ccc(N(c5ccc(C)cc5)c5ccc(C)cc5)cc4)cc3)cc2)cc1. The third-order valence-corrected chi connectivity index (χ3v) is 9.34. The topological polar surface area (TPSA) is 6.48 Å². The Bertz CT molecular complexity index is 2000. The van der Waals surface area contributed by atoms with Crippen molar-refractivity contribution in [2.24, 2.45) is 0 Å². The summed E-state index contributed by atoms with van der Waals surface area (Å²) in [5.74, 6) is 0. The van der Waals surface area contributed by atoms with Gasteiger partial charge >= 0.3 is 0 Å². The highest BCUT2D eigenvalue weighted by Gasteiger charge is 2.13. The zero-order chi connectivity index (χ0) is 37.9. The van der Waals surface area contributed by atoms with Crippen LogP contribution < -0.4 is 9.80 Å². The van der Waals surface area contributed by atoms with Gasteiger partial charge in [0.15, 0.2) is 0 Å². The van der Waals surface area contributed by atoms with Crippen molar-refractivity contribution in [1.29, 1.82) is 0 Å². The monoisotopic (exact) mass is 702 g/mol. The fraction of sp³-hybridized carbons (Fsp3) is 0.115. The zero-order valence-electron chi connectivity index (χ0n) is 32.4. The number of aryl methyl sites for hydroxylation is 4. The van der Waals surface area contributed by atoms with Crippen LogP contribution in [0.3, 0.4) is 0 Å². The van der Waals surface area contributed by atoms with Crippen molar-refractivity contribution in [3.63, 3.8) is 0 Å². The lowest BCUT2D eigenvalue weighted by atomic mass is 10.1. The van der Waals surface area contributed by atoms with Crippen molar-refractivity contribution in [2.45, 2.75) is 41.5 Å². The highest BCUT2D eigenvalue weighted by atomic mass is 15.1. The van der Waals surface area contributed by atoms with Gasteiger partial charge in [0.1, 0.15) is 0 Å². The first-order chi connectivity index (χ1) is 26.4. The quantitative estimate of drug-likeness (QED) is 0.131. The van der Waals surface area contributed by atoms with Gasteiger partial charge in [0.05, 0.1) is 0 Å². The molecule has 0 saturated heterocycles. The first kappa shape index (κ1) is 37.4. The summed E-state index contributed by atoms with van der Waals surface area (Å²) in [5.41, 5.74) is 16.5. The molecule has 7 aromatic rings. The minimum absolute atomic E-state index is 1.13. The minimum Gasteiger partial charge on any atom is -0.311 e. The first-order valence-electron chi connectivity index (χ1n) is 18.9. The summed E-state index contributed by atoms with van der Waals surface area (Å²) in [7, 11) is 0. The van der Waals surface area contributed by atoms with E-state index in [0.717, 1.165) is 45.3 Å². The molecule has 268 valence electrons. The summed E-state index contributed by atoms with van der Waals surface area (Å²) in [6.07, 6.45) is 8.70. The van der Waals surface area contributed by atoms with Crippen LogP contribution in [0.1, 0.15) is 58.4 Å². The number of anilines is 6. The Labute approximate surface area is 323 Å². The van der Waals surface area contributed by atoms with Gasteiger partial charge < -0.3 is 9.80 Å². The van der Waals surface area contributed by atoms with E-state index >= 15 is 0 Å². The summed E-state index contributed by atoms with van der Waals surface area (Å²) >= 11 is 0. The smallest absolute Gasteiger partial charge is 0.0462 e. The van der Waals surface area contributed by atoms with E-state index in [1.807, 2.05) is 13.8 Å². The summed E-state index contributed by atoms with van der Waals surface area (Å²) < 4.78 is 0. The van der Waals surface area contributed by atoms with Gasteiger partial charge in [-0.2, -0.15) is 0 Å². The van der Waals surface area contributed by atoms with Crippen LogP contribution >= 0.6 is 0 Å². The van der Waals surface area contributed by atoms with E-state index in [1.165, 1.54) is 33.4 Å². The number of hydrogen-bond donors (Lipinski definition) is 0. The van der Waals surface area contributed by atoms with Crippen molar-refractivity contribution in [3.8, 4) is 0 Å². The van der Waals surface area contributed by atoms with Crippen LogP contribution in [0.2, 0.25) is 0 Å². The highest BCUT2D eigenvalue weighted by Crippen LogP contribution is 2.36. The van der Waals surface area contributed by atoms with Gasteiger partial charge in [0.2, 0.25) is 0 Å². The van der Waals surface area contributed by atoms with E-state index < -0.39 is 0 Å². The highest BCUT2D eigenvalue weighted by molar-refractivity contribution is 5.80. The normalized spacial score (nSPS) is 11.0. The Hall–Kier alpha value is -6.38. The molecule has 0 spiro atoms. The predicted molar refractivity (Wildman–Crippen MR) is 237 cm³/mol. The molecule has 2 nitrogen and oxygen atoms in total. The second-order valence-corrected chi connectivity index (χ2v) is 13.5. The number of nitrogens with zero attached hydrogens (tertiary/aromatic N) is 2. The van der Waals surface area contributed by atoms with E-state index in [4.69, 9.17) is 0 Å². The molecule has 0 fully saturated rings. The van der Waals surface area contributed by atoms with E-state index in [1.54, 1.807) is 0 Å². The summed E-state index contributed by atoms with van der Waals surface area (Å²) in [6, 6.07) is 61.0. The number of rotatable bonds is 10. The summed E-state index contributed by atoms with van der Waals surface area (Å²) in [6.45, 7) is 12.5. The van der Waals surface area contributed by atoms with Gasteiger partial charge in [0.25, 0.3) is 0 Å². The second kappa shape index (κ2) is 17.9. The van der Waals surface area contributed by atoms with Gasteiger partial charge in [-0.1, -0.05) is 157 Å². The van der Waals surface area contributed by atoms with E-state index in [9.17, 15) is 0 Å². The van der Waals surface area contributed by atoms with Crippen molar-refractivity contribution in [1.82, 2.24) is 0 Å². The van der Waals surface area contributed by atoms with Crippen LogP contribution in [0.5, 0.6) is 0 Å². The standard InChI is InChI=1S/C50H44N2.C2H6/c1-37-5-25-45(26-6-37)51(46-27-7-38(2)8-28-46)49-33-21-43(22-34-49)19-17-41-13-15-42(16-14-41)18-20-44-23-35-50(36-24-44)52(47-29-9-39(3)10-30-47)48-31-11-40(4)12-32-48;1-2/h5-36H,1-4H3;1-2H3/b19-17+,20-18+;. The maximum absolute atomic E-state index is 2.30. The molecular formula is C52H50N2. The number of benzene rings is 7. The van der Waals surface area contributed by atoms with E-state index in [0.29, 0.717) is 0 Å². The summed E-state index contributed by atoms with van der Waals surface area (Å²) in [4.78, 5) is 4.61. The van der Waals surface area contributed by atoms with E-state index in [2.05, 4.69) is 232 Å². The Morgan fingerprint density at radius 3 is 0.574 bits per heavy atom. The molecule has 0 atom stereocenters. The fourth-order valence-electron chi connectivity index (χ4n) is 6.24. The molecule has 0 saturated carbocycles. The van der Waals surface area contributed by atoms with Crippen molar-refractivity contribution in [3.05, 3.63) is 214 Å². The molecular weight excluding hydrogens is 653 g/mol. The molecule has 2 heteroatoms. The molecule has 0 bridgehead atoms. The zero-order valence-corrected chi connectivity index (χ0v) is 32.4. The van der Waals surface area contributed by atoms with Gasteiger partial charge in [-0.05, 0) is 123 Å². The molecule has 0 N–H and O–H groups in total. The first-order valence-corrected chi connectivity index (χ1v) is 18.9. The van der Waals surface area contributed by atoms with Crippen molar-refractivity contribution < 1.29 is 0 Å². The summed E-state index contributed by atoms with van der Waals surface area (Å²) in [5, 5.41) is 0. The molecule has 0 aliphatic carbocycles.